The van der Waals surface area contributed by atoms with Crippen molar-refractivity contribution in [3.63, 3.8) is 0 Å². The lowest BCUT2D eigenvalue weighted by Crippen LogP contribution is -2.45. The van der Waals surface area contributed by atoms with Crippen LogP contribution in [0.15, 0.2) is 29.2 Å². The van der Waals surface area contributed by atoms with Gasteiger partial charge in [-0.25, -0.2) is 17.9 Å². The van der Waals surface area contributed by atoms with E-state index in [0.29, 0.717) is 13.2 Å². The summed E-state index contributed by atoms with van der Waals surface area (Å²) in [5, 5.41) is 8.79. The molecule has 116 valence electrons. The Morgan fingerprint density at radius 2 is 2.10 bits per heavy atom. The SMILES string of the molecule is CN1CCOC(CNS(=O)(=O)c2ccc(C(=O)O)cc2)C1. The number of nitrogens with zero attached hydrogens (tertiary/aromatic N) is 1. The Hall–Kier alpha value is -1.48. The molecule has 1 atom stereocenters. The molecule has 0 saturated carbocycles. The van der Waals surface area contributed by atoms with Gasteiger partial charge in [0.1, 0.15) is 0 Å². The summed E-state index contributed by atoms with van der Waals surface area (Å²) in [6, 6.07) is 5.09. The third kappa shape index (κ3) is 4.24. The van der Waals surface area contributed by atoms with Crippen molar-refractivity contribution in [2.75, 3.05) is 33.3 Å². The fraction of sp³-hybridized carbons (Fsp3) is 0.462. The zero-order valence-electron chi connectivity index (χ0n) is 11.7. The molecule has 21 heavy (non-hydrogen) atoms. The molecule has 7 nitrogen and oxygen atoms in total. The van der Waals surface area contributed by atoms with Crippen LogP contribution in [0.4, 0.5) is 0 Å². The first-order valence-corrected chi connectivity index (χ1v) is 8.00. The number of carboxylic acids is 1. The molecule has 1 aromatic rings. The second-order valence-corrected chi connectivity index (χ2v) is 6.70. The number of benzene rings is 1. The molecule has 0 aliphatic carbocycles. The smallest absolute Gasteiger partial charge is 0.335 e. The van der Waals surface area contributed by atoms with Crippen molar-refractivity contribution in [2.45, 2.75) is 11.0 Å². The van der Waals surface area contributed by atoms with E-state index in [1.807, 2.05) is 7.05 Å². The van der Waals surface area contributed by atoms with Crippen LogP contribution in [0, 0.1) is 0 Å². The Balaban J connectivity index is 1.99. The number of hydrogen-bond acceptors (Lipinski definition) is 5. The summed E-state index contributed by atoms with van der Waals surface area (Å²) in [4.78, 5) is 12.9. The van der Waals surface area contributed by atoms with Crippen LogP contribution in [0.5, 0.6) is 0 Å². The van der Waals surface area contributed by atoms with Gasteiger partial charge < -0.3 is 14.7 Å². The lowest BCUT2D eigenvalue weighted by Gasteiger charge is -2.30. The van der Waals surface area contributed by atoms with Crippen LogP contribution in [0.2, 0.25) is 0 Å². The van der Waals surface area contributed by atoms with Gasteiger partial charge in [-0.1, -0.05) is 0 Å². The van der Waals surface area contributed by atoms with Gasteiger partial charge in [-0.05, 0) is 31.3 Å². The number of sulfonamides is 1. The molecule has 0 aromatic heterocycles. The first-order chi connectivity index (χ1) is 9.88. The summed E-state index contributed by atoms with van der Waals surface area (Å²) in [6.45, 7) is 2.27. The number of ether oxygens (including phenoxy) is 1. The molecule has 1 aliphatic rings. The second kappa shape index (κ2) is 6.52. The zero-order valence-corrected chi connectivity index (χ0v) is 12.5. The molecule has 0 bridgehead atoms. The van der Waals surface area contributed by atoms with E-state index < -0.39 is 16.0 Å². The van der Waals surface area contributed by atoms with E-state index in [2.05, 4.69) is 9.62 Å². The number of nitrogens with one attached hydrogen (secondary N) is 1. The molecule has 0 amide bonds. The van der Waals surface area contributed by atoms with Crippen LogP contribution < -0.4 is 4.72 Å². The van der Waals surface area contributed by atoms with Gasteiger partial charge in [0.25, 0.3) is 0 Å². The van der Waals surface area contributed by atoms with Crippen molar-refractivity contribution in [2.24, 2.45) is 0 Å². The number of likely N-dealkylation sites (N-methyl/N-ethyl adjacent to an activating group) is 1. The van der Waals surface area contributed by atoms with Gasteiger partial charge >= 0.3 is 5.97 Å². The van der Waals surface area contributed by atoms with Gasteiger partial charge in [0.15, 0.2) is 0 Å². The normalized spacial score (nSPS) is 20.3. The molecule has 1 unspecified atom stereocenters. The van der Waals surface area contributed by atoms with Crippen molar-refractivity contribution in [3.8, 4) is 0 Å². The Kier molecular flexibility index (Phi) is 4.94. The summed E-state index contributed by atoms with van der Waals surface area (Å²) in [5.41, 5.74) is 0.0474. The van der Waals surface area contributed by atoms with E-state index in [0.717, 1.165) is 6.54 Å². The van der Waals surface area contributed by atoms with E-state index in [1.165, 1.54) is 24.3 Å². The number of aromatic carboxylic acids is 1. The lowest BCUT2D eigenvalue weighted by molar-refractivity contribution is -0.0156. The highest BCUT2D eigenvalue weighted by atomic mass is 32.2. The number of hydrogen-bond donors (Lipinski definition) is 2. The largest absolute Gasteiger partial charge is 0.478 e. The standard InChI is InChI=1S/C13H18N2O5S/c1-15-6-7-20-11(9-15)8-14-21(18,19)12-4-2-10(3-5-12)13(16)17/h2-5,11,14H,6-9H2,1H3,(H,16,17). The predicted octanol–water partition coefficient (Wildman–Crippen LogP) is -0.00630. The number of carboxylic acid groups (broad SMARTS) is 1. The lowest BCUT2D eigenvalue weighted by atomic mass is 10.2. The molecule has 2 rings (SSSR count). The quantitative estimate of drug-likeness (QED) is 0.794. The van der Waals surface area contributed by atoms with Crippen molar-refractivity contribution in [1.82, 2.24) is 9.62 Å². The molecule has 1 saturated heterocycles. The minimum Gasteiger partial charge on any atom is -0.478 e. The van der Waals surface area contributed by atoms with Crippen LogP contribution >= 0.6 is 0 Å². The van der Waals surface area contributed by atoms with Crippen LogP contribution in [0.3, 0.4) is 0 Å². The molecule has 0 spiro atoms. The van der Waals surface area contributed by atoms with E-state index in [9.17, 15) is 13.2 Å². The summed E-state index contributed by atoms with van der Waals surface area (Å²) >= 11 is 0. The van der Waals surface area contributed by atoms with E-state index >= 15 is 0 Å². The third-order valence-electron chi connectivity index (χ3n) is 3.25. The fourth-order valence-electron chi connectivity index (χ4n) is 2.05. The molecule has 0 radical (unpaired) electrons. The van der Waals surface area contributed by atoms with Crippen LogP contribution in [0.1, 0.15) is 10.4 Å². The highest BCUT2D eigenvalue weighted by molar-refractivity contribution is 7.89. The predicted molar refractivity (Wildman–Crippen MR) is 75.8 cm³/mol. The number of carbonyl (C=O) groups is 1. The van der Waals surface area contributed by atoms with Crippen molar-refractivity contribution < 1.29 is 23.1 Å². The van der Waals surface area contributed by atoms with Crippen molar-refractivity contribution >= 4 is 16.0 Å². The van der Waals surface area contributed by atoms with Gasteiger partial charge in [-0.15, -0.1) is 0 Å². The number of morpholine rings is 1. The van der Waals surface area contributed by atoms with Crippen LogP contribution in [-0.4, -0.2) is 63.8 Å². The maximum Gasteiger partial charge on any atom is 0.335 e. The average Bonchev–Trinajstić information content (AvgIpc) is 2.45. The Bertz CT molecular complexity index is 599. The topological polar surface area (TPSA) is 95.9 Å². The van der Waals surface area contributed by atoms with Gasteiger partial charge in [0, 0.05) is 19.6 Å². The van der Waals surface area contributed by atoms with Gasteiger partial charge in [-0.3, -0.25) is 0 Å². The minimum atomic E-state index is -3.66. The van der Waals surface area contributed by atoms with E-state index in [1.54, 1.807) is 0 Å². The maximum absolute atomic E-state index is 12.1. The van der Waals surface area contributed by atoms with Crippen LogP contribution in [0.25, 0.3) is 0 Å². The van der Waals surface area contributed by atoms with Crippen LogP contribution in [-0.2, 0) is 14.8 Å². The molecule has 1 heterocycles. The summed E-state index contributed by atoms with van der Waals surface area (Å²) < 4.78 is 32.2. The molecular weight excluding hydrogens is 296 g/mol. The summed E-state index contributed by atoms with van der Waals surface area (Å²) in [7, 11) is -1.71. The molecule has 1 aliphatic heterocycles. The summed E-state index contributed by atoms with van der Waals surface area (Å²) in [5.74, 6) is -1.09. The van der Waals surface area contributed by atoms with E-state index in [4.69, 9.17) is 9.84 Å². The highest BCUT2D eigenvalue weighted by Gasteiger charge is 2.21. The van der Waals surface area contributed by atoms with Gasteiger partial charge in [0.05, 0.1) is 23.2 Å². The van der Waals surface area contributed by atoms with E-state index in [-0.39, 0.29) is 23.1 Å². The minimum absolute atomic E-state index is 0.0386. The first-order valence-electron chi connectivity index (χ1n) is 6.51. The number of rotatable bonds is 5. The average molecular weight is 314 g/mol. The summed E-state index contributed by atoms with van der Waals surface area (Å²) in [6.07, 6.45) is -0.184. The second-order valence-electron chi connectivity index (χ2n) is 4.94. The molecule has 1 fully saturated rings. The monoisotopic (exact) mass is 314 g/mol. The first kappa shape index (κ1) is 15.9. The van der Waals surface area contributed by atoms with Crippen molar-refractivity contribution in [3.05, 3.63) is 29.8 Å². The molecule has 8 heteroatoms. The Morgan fingerprint density at radius 3 is 2.67 bits per heavy atom. The maximum atomic E-state index is 12.1. The van der Waals surface area contributed by atoms with Gasteiger partial charge in [0.2, 0.25) is 10.0 Å². The molecular formula is C13H18N2O5S. The zero-order chi connectivity index (χ0) is 15.5. The highest BCUT2D eigenvalue weighted by Crippen LogP contribution is 2.11. The van der Waals surface area contributed by atoms with Gasteiger partial charge in [-0.2, -0.15) is 0 Å². The fourth-order valence-corrected chi connectivity index (χ4v) is 3.12. The Morgan fingerprint density at radius 1 is 1.43 bits per heavy atom. The molecule has 2 N–H and O–H groups in total. The Labute approximate surface area is 123 Å². The molecule has 1 aromatic carbocycles. The van der Waals surface area contributed by atoms with Crippen molar-refractivity contribution in [1.29, 1.82) is 0 Å². The third-order valence-corrected chi connectivity index (χ3v) is 4.69.